The number of halogens is 2. The maximum absolute atomic E-state index is 13.1. The molecule has 0 spiro atoms. The van der Waals surface area contributed by atoms with Crippen molar-refractivity contribution < 1.29 is 19.1 Å². The highest BCUT2D eigenvalue weighted by Gasteiger charge is 2.36. The monoisotopic (exact) mass is 457 g/mol. The number of aliphatic hydroxyl groups is 1. The molecular formula is C20H17ClFN7O3. The second-order valence-corrected chi connectivity index (χ2v) is 7.37. The Bertz CT molecular complexity index is 1150. The Kier molecular flexibility index (Phi) is 6.19. The summed E-state index contributed by atoms with van der Waals surface area (Å²) in [6.45, 7) is 0.0909. The van der Waals surface area contributed by atoms with Crippen LogP contribution in [0.3, 0.4) is 0 Å². The molecule has 4 rings (SSSR count). The average molecular weight is 458 g/mol. The van der Waals surface area contributed by atoms with E-state index >= 15 is 0 Å². The topological polar surface area (TPSA) is 126 Å². The van der Waals surface area contributed by atoms with E-state index in [1.165, 1.54) is 29.4 Å². The van der Waals surface area contributed by atoms with Crippen LogP contribution in [-0.2, 0) is 16.1 Å². The second-order valence-electron chi connectivity index (χ2n) is 6.93. The third-order valence-corrected chi connectivity index (χ3v) is 5.10. The standard InChI is InChI=1S/C20H17ClFN7O3/c21-14-3-6-16(28-11-24-26-27-28)13(9-14)10-23-19(31)17-7-8-25-29(17)20(32)18(30)12-1-4-15(22)5-2-12/h1-6,8-9,11,17-18,30H,7,10H2,(H,23,31)/t17?,18-/m1/s1. The molecule has 32 heavy (non-hydrogen) atoms. The molecule has 2 heterocycles. The molecular weight excluding hydrogens is 441 g/mol. The molecule has 1 unspecified atom stereocenters. The van der Waals surface area contributed by atoms with Crippen molar-refractivity contribution in [2.24, 2.45) is 5.10 Å². The third kappa shape index (κ3) is 4.48. The molecule has 0 aliphatic carbocycles. The van der Waals surface area contributed by atoms with E-state index in [-0.39, 0.29) is 18.5 Å². The van der Waals surface area contributed by atoms with Crippen LogP contribution in [0.2, 0.25) is 5.02 Å². The van der Waals surface area contributed by atoms with Crippen molar-refractivity contribution in [1.29, 1.82) is 0 Å². The molecule has 12 heteroatoms. The van der Waals surface area contributed by atoms with Crippen molar-refractivity contribution in [2.45, 2.75) is 25.1 Å². The molecule has 2 atom stereocenters. The lowest BCUT2D eigenvalue weighted by Crippen LogP contribution is -2.46. The highest BCUT2D eigenvalue weighted by atomic mass is 35.5. The smallest absolute Gasteiger partial charge is 0.276 e. The number of nitrogens with zero attached hydrogens (tertiary/aromatic N) is 6. The first-order valence-corrected chi connectivity index (χ1v) is 9.90. The molecule has 1 aliphatic rings. The largest absolute Gasteiger partial charge is 0.378 e. The molecule has 2 N–H and O–H groups in total. The zero-order chi connectivity index (χ0) is 22.7. The number of carbonyl (C=O) groups is 2. The van der Waals surface area contributed by atoms with Gasteiger partial charge in [-0.05, 0) is 51.9 Å². The number of nitrogens with one attached hydrogen (secondary N) is 1. The van der Waals surface area contributed by atoms with Crippen LogP contribution in [-0.4, -0.2) is 54.4 Å². The molecule has 2 amide bonds. The summed E-state index contributed by atoms with van der Waals surface area (Å²) in [7, 11) is 0. The molecule has 3 aromatic rings. The Hall–Kier alpha value is -3.70. The Morgan fingerprint density at radius 2 is 2.03 bits per heavy atom. The van der Waals surface area contributed by atoms with Crippen LogP contribution in [0.5, 0.6) is 0 Å². The van der Waals surface area contributed by atoms with Crippen LogP contribution in [0.1, 0.15) is 23.7 Å². The van der Waals surface area contributed by atoms with E-state index in [1.54, 1.807) is 18.2 Å². The van der Waals surface area contributed by atoms with Crippen LogP contribution in [0.25, 0.3) is 5.69 Å². The minimum absolute atomic E-state index is 0.0909. The van der Waals surface area contributed by atoms with Crippen LogP contribution >= 0.6 is 11.6 Å². The van der Waals surface area contributed by atoms with Crippen molar-refractivity contribution in [3.63, 3.8) is 0 Å². The Morgan fingerprint density at radius 3 is 2.75 bits per heavy atom. The van der Waals surface area contributed by atoms with Gasteiger partial charge in [0.15, 0.2) is 6.10 Å². The summed E-state index contributed by atoms with van der Waals surface area (Å²) in [6.07, 6.45) is 1.44. The van der Waals surface area contributed by atoms with E-state index in [0.717, 1.165) is 17.1 Å². The highest BCUT2D eigenvalue weighted by Crippen LogP contribution is 2.22. The molecule has 1 aliphatic heterocycles. The minimum Gasteiger partial charge on any atom is -0.378 e. The number of hydrogen-bond acceptors (Lipinski definition) is 7. The molecule has 0 saturated carbocycles. The lowest BCUT2D eigenvalue weighted by molar-refractivity contribution is -0.146. The number of tetrazole rings is 1. The molecule has 0 saturated heterocycles. The fraction of sp³-hybridized carbons (Fsp3) is 0.200. The third-order valence-electron chi connectivity index (χ3n) is 4.87. The van der Waals surface area contributed by atoms with Gasteiger partial charge in [-0.15, -0.1) is 5.10 Å². The second kappa shape index (κ2) is 9.20. The molecule has 10 nitrogen and oxygen atoms in total. The highest BCUT2D eigenvalue weighted by molar-refractivity contribution is 6.30. The average Bonchev–Trinajstić information content (AvgIpc) is 3.49. The Labute approximate surface area is 186 Å². The quantitative estimate of drug-likeness (QED) is 0.576. The predicted octanol–water partition coefficient (Wildman–Crippen LogP) is 1.39. The number of carbonyl (C=O) groups excluding carboxylic acids is 2. The van der Waals surface area contributed by atoms with Gasteiger partial charge in [-0.3, -0.25) is 9.59 Å². The molecule has 0 fully saturated rings. The predicted molar refractivity (Wildman–Crippen MR) is 111 cm³/mol. The molecule has 164 valence electrons. The van der Waals surface area contributed by atoms with Gasteiger partial charge in [0.2, 0.25) is 5.91 Å². The maximum atomic E-state index is 13.1. The molecule has 2 aromatic carbocycles. The molecule has 0 radical (unpaired) electrons. The van der Waals surface area contributed by atoms with Gasteiger partial charge in [-0.25, -0.2) is 14.1 Å². The summed E-state index contributed by atoms with van der Waals surface area (Å²) in [6, 6.07) is 8.99. The first kappa shape index (κ1) is 21.5. The zero-order valence-corrected chi connectivity index (χ0v) is 17.2. The van der Waals surface area contributed by atoms with Crippen LogP contribution < -0.4 is 5.32 Å². The SMILES string of the molecule is O=C(NCc1cc(Cl)ccc1-n1cnnn1)C1CC=NN1C(=O)[C@H](O)c1ccc(F)cc1. The summed E-state index contributed by atoms with van der Waals surface area (Å²) >= 11 is 6.09. The summed E-state index contributed by atoms with van der Waals surface area (Å²) in [4.78, 5) is 25.5. The number of amides is 2. The van der Waals surface area contributed by atoms with Crippen LogP contribution in [0.15, 0.2) is 53.9 Å². The van der Waals surface area contributed by atoms with Gasteiger partial charge in [0.1, 0.15) is 18.2 Å². The number of hydrogen-bond donors (Lipinski definition) is 2. The van der Waals surface area contributed by atoms with Gasteiger partial charge < -0.3 is 10.4 Å². The van der Waals surface area contributed by atoms with E-state index in [2.05, 4.69) is 25.9 Å². The van der Waals surface area contributed by atoms with Gasteiger partial charge in [-0.1, -0.05) is 23.7 Å². The van der Waals surface area contributed by atoms with Crippen LogP contribution in [0, 0.1) is 5.82 Å². The first-order chi connectivity index (χ1) is 15.4. The Balaban J connectivity index is 1.45. The van der Waals surface area contributed by atoms with Crippen molar-refractivity contribution in [1.82, 2.24) is 30.5 Å². The van der Waals surface area contributed by atoms with E-state index in [9.17, 15) is 19.1 Å². The van der Waals surface area contributed by atoms with Crippen LogP contribution in [0.4, 0.5) is 4.39 Å². The van der Waals surface area contributed by atoms with Crippen molar-refractivity contribution in [2.75, 3.05) is 0 Å². The minimum atomic E-state index is -1.58. The van der Waals surface area contributed by atoms with Crippen molar-refractivity contribution >= 4 is 29.6 Å². The van der Waals surface area contributed by atoms with E-state index < -0.39 is 29.8 Å². The number of hydrazone groups is 1. The molecule has 0 bridgehead atoms. The lowest BCUT2D eigenvalue weighted by atomic mass is 10.1. The van der Waals surface area contributed by atoms with Gasteiger partial charge >= 0.3 is 0 Å². The summed E-state index contributed by atoms with van der Waals surface area (Å²) in [5, 5.41) is 29.5. The summed E-state index contributed by atoms with van der Waals surface area (Å²) < 4.78 is 14.5. The van der Waals surface area contributed by atoms with Gasteiger partial charge in [-0.2, -0.15) is 5.10 Å². The fourth-order valence-corrected chi connectivity index (χ4v) is 3.44. The summed E-state index contributed by atoms with van der Waals surface area (Å²) in [5.41, 5.74) is 1.48. The van der Waals surface area contributed by atoms with E-state index in [1.807, 2.05) is 0 Å². The zero-order valence-electron chi connectivity index (χ0n) is 16.5. The lowest BCUT2D eigenvalue weighted by Gasteiger charge is -2.24. The van der Waals surface area contributed by atoms with Gasteiger partial charge in [0.25, 0.3) is 5.91 Å². The number of benzene rings is 2. The first-order valence-electron chi connectivity index (χ1n) is 9.52. The number of aliphatic hydroxyl groups excluding tert-OH is 1. The number of rotatable bonds is 6. The fourth-order valence-electron chi connectivity index (χ4n) is 3.25. The molecule has 1 aromatic heterocycles. The van der Waals surface area contributed by atoms with E-state index in [4.69, 9.17) is 11.6 Å². The summed E-state index contributed by atoms with van der Waals surface area (Å²) in [5.74, 6) is -1.75. The number of aromatic nitrogens is 4. The van der Waals surface area contributed by atoms with Crippen molar-refractivity contribution in [3.8, 4) is 5.69 Å². The Morgan fingerprint density at radius 1 is 1.25 bits per heavy atom. The van der Waals surface area contributed by atoms with Gasteiger partial charge in [0.05, 0.1) is 5.69 Å². The van der Waals surface area contributed by atoms with Crippen molar-refractivity contribution in [3.05, 3.63) is 70.8 Å². The normalized spacial score (nSPS) is 16.2. The van der Waals surface area contributed by atoms with Gasteiger partial charge in [0, 0.05) is 24.2 Å². The maximum Gasteiger partial charge on any atom is 0.276 e. The van der Waals surface area contributed by atoms with E-state index in [0.29, 0.717) is 16.3 Å².